The molecule has 0 unspecified atom stereocenters. The molecule has 3 heteroatoms. The number of hydrogen-bond acceptors (Lipinski definition) is 2. The first kappa shape index (κ1) is 14.3. The van der Waals surface area contributed by atoms with Gasteiger partial charge in [-0.15, -0.1) is 0 Å². The first-order valence-electron chi connectivity index (χ1n) is 7.74. The Kier molecular flexibility index (Phi) is 4.43. The zero-order chi connectivity index (χ0) is 13.9. The van der Waals surface area contributed by atoms with Crippen LogP contribution in [0, 0.1) is 5.41 Å². The number of aryl methyl sites for hydroxylation is 2. The van der Waals surface area contributed by atoms with Crippen molar-refractivity contribution in [2.24, 2.45) is 5.41 Å². The number of carbonyl (C=O) groups is 1. The molecule has 2 rings (SSSR count). The third kappa shape index (κ3) is 2.75. The molecule has 0 amide bonds. The minimum atomic E-state index is -0.0325. The predicted molar refractivity (Wildman–Crippen MR) is 77.2 cm³/mol. The van der Waals surface area contributed by atoms with Gasteiger partial charge in [0.25, 0.3) is 0 Å². The van der Waals surface area contributed by atoms with E-state index in [1.54, 1.807) is 0 Å². The summed E-state index contributed by atoms with van der Waals surface area (Å²) in [7, 11) is 0. The maximum absolute atomic E-state index is 12.7. The lowest BCUT2D eigenvalue weighted by Crippen LogP contribution is -2.29. The quantitative estimate of drug-likeness (QED) is 0.786. The molecule has 0 bridgehead atoms. The molecule has 1 aliphatic rings. The molecule has 3 nitrogen and oxygen atoms in total. The Morgan fingerprint density at radius 2 is 2.00 bits per heavy atom. The summed E-state index contributed by atoms with van der Waals surface area (Å²) in [6.07, 6.45) is 7.10. The second kappa shape index (κ2) is 5.89. The third-order valence-electron chi connectivity index (χ3n) is 4.75. The van der Waals surface area contributed by atoms with Crippen molar-refractivity contribution in [1.29, 1.82) is 0 Å². The minimum Gasteiger partial charge on any atom is -0.299 e. The average Bonchev–Trinajstić information content (AvgIpc) is 3.05. The number of aromatic nitrogens is 2. The van der Waals surface area contributed by atoms with Crippen molar-refractivity contribution in [2.45, 2.75) is 72.3 Å². The van der Waals surface area contributed by atoms with Crippen molar-refractivity contribution in [3.05, 3.63) is 17.5 Å². The van der Waals surface area contributed by atoms with E-state index in [9.17, 15) is 4.79 Å². The monoisotopic (exact) mass is 262 g/mol. The molecule has 1 aromatic rings. The Balaban J connectivity index is 2.16. The zero-order valence-corrected chi connectivity index (χ0v) is 12.5. The molecule has 106 valence electrons. The minimum absolute atomic E-state index is 0.0325. The first-order chi connectivity index (χ1) is 9.15. The molecule has 0 spiro atoms. The summed E-state index contributed by atoms with van der Waals surface area (Å²) in [5, 5.41) is 4.54. The lowest BCUT2D eigenvalue weighted by Gasteiger charge is -2.25. The standard InChI is InChI=1S/C16H26N2O/c1-4-13-11-14(18(6-3)17-13)12-15(19)16(5-2)9-7-8-10-16/h11H,4-10,12H2,1-3H3. The van der Waals surface area contributed by atoms with E-state index in [1.165, 1.54) is 12.8 Å². The number of nitrogens with zero attached hydrogens (tertiary/aromatic N) is 2. The number of Topliss-reactive ketones (excluding diaryl/α,β-unsaturated/α-hetero) is 1. The number of rotatable bonds is 6. The second-order valence-electron chi connectivity index (χ2n) is 5.74. The zero-order valence-electron chi connectivity index (χ0n) is 12.5. The van der Waals surface area contributed by atoms with Crippen LogP contribution in [0.5, 0.6) is 0 Å². The van der Waals surface area contributed by atoms with E-state index >= 15 is 0 Å². The fourth-order valence-corrected chi connectivity index (χ4v) is 3.34. The summed E-state index contributed by atoms with van der Waals surface area (Å²) in [6.45, 7) is 7.21. The van der Waals surface area contributed by atoms with Gasteiger partial charge in [-0.25, -0.2) is 0 Å². The van der Waals surface area contributed by atoms with E-state index in [2.05, 4.69) is 31.9 Å². The molecule has 0 aromatic carbocycles. The molecule has 0 aliphatic heterocycles. The summed E-state index contributed by atoms with van der Waals surface area (Å²) in [4.78, 5) is 12.7. The van der Waals surface area contributed by atoms with Gasteiger partial charge in [0, 0.05) is 24.1 Å². The Hall–Kier alpha value is -1.12. The van der Waals surface area contributed by atoms with Crippen LogP contribution in [0.3, 0.4) is 0 Å². The van der Waals surface area contributed by atoms with Crippen molar-refractivity contribution >= 4 is 5.78 Å². The van der Waals surface area contributed by atoms with E-state index in [0.29, 0.717) is 12.2 Å². The molecule has 0 saturated heterocycles. The largest absolute Gasteiger partial charge is 0.299 e. The van der Waals surface area contributed by atoms with Crippen molar-refractivity contribution in [3.63, 3.8) is 0 Å². The van der Waals surface area contributed by atoms with Crippen LogP contribution in [0.1, 0.15) is 64.3 Å². The summed E-state index contributed by atoms with van der Waals surface area (Å²) in [5.74, 6) is 0.435. The average molecular weight is 262 g/mol. The smallest absolute Gasteiger partial charge is 0.144 e. The van der Waals surface area contributed by atoms with Crippen LogP contribution in [0.15, 0.2) is 6.07 Å². The van der Waals surface area contributed by atoms with Gasteiger partial charge in [0.2, 0.25) is 0 Å². The van der Waals surface area contributed by atoms with E-state index in [0.717, 1.165) is 43.6 Å². The van der Waals surface area contributed by atoms with Crippen molar-refractivity contribution in [3.8, 4) is 0 Å². The fourth-order valence-electron chi connectivity index (χ4n) is 3.34. The van der Waals surface area contributed by atoms with Crippen LogP contribution in [0.4, 0.5) is 0 Å². The summed E-state index contributed by atoms with van der Waals surface area (Å²) in [5.41, 5.74) is 2.17. The lowest BCUT2D eigenvalue weighted by molar-refractivity contribution is -0.128. The van der Waals surface area contributed by atoms with Crippen LogP contribution in [-0.4, -0.2) is 15.6 Å². The molecule has 1 saturated carbocycles. The normalized spacial score (nSPS) is 17.8. The molecular formula is C16H26N2O. The van der Waals surface area contributed by atoms with Gasteiger partial charge >= 0.3 is 0 Å². The molecule has 1 fully saturated rings. The molecule has 1 heterocycles. The van der Waals surface area contributed by atoms with Crippen molar-refractivity contribution in [1.82, 2.24) is 9.78 Å². The highest BCUT2D eigenvalue weighted by Crippen LogP contribution is 2.42. The van der Waals surface area contributed by atoms with Crippen LogP contribution in [0.25, 0.3) is 0 Å². The van der Waals surface area contributed by atoms with E-state index < -0.39 is 0 Å². The molecule has 19 heavy (non-hydrogen) atoms. The third-order valence-corrected chi connectivity index (χ3v) is 4.75. The molecule has 0 N–H and O–H groups in total. The van der Waals surface area contributed by atoms with Gasteiger partial charge in [0.05, 0.1) is 5.69 Å². The fraction of sp³-hybridized carbons (Fsp3) is 0.750. The predicted octanol–water partition coefficient (Wildman–Crippen LogP) is 3.55. The van der Waals surface area contributed by atoms with Crippen LogP contribution < -0.4 is 0 Å². The van der Waals surface area contributed by atoms with Gasteiger partial charge < -0.3 is 0 Å². The van der Waals surface area contributed by atoms with Gasteiger partial charge in [0.15, 0.2) is 0 Å². The van der Waals surface area contributed by atoms with Crippen molar-refractivity contribution < 1.29 is 4.79 Å². The Bertz CT molecular complexity index is 442. The van der Waals surface area contributed by atoms with E-state index in [-0.39, 0.29) is 5.41 Å². The van der Waals surface area contributed by atoms with Crippen LogP contribution in [0.2, 0.25) is 0 Å². The summed E-state index contributed by atoms with van der Waals surface area (Å²) in [6, 6.07) is 2.11. The van der Waals surface area contributed by atoms with Crippen molar-refractivity contribution in [2.75, 3.05) is 0 Å². The van der Waals surface area contributed by atoms with Crippen LogP contribution in [-0.2, 0) is 24.2 Å². The SMILES string of the molecule is CCc1cc(CC(=O)C2(CC)CCCC2)n(CC)n1. The van der Waals surface area contributed by atoms with Gasteiger partial charge in [-0.1, -0.05) is 26.7 Å². The van der Waals surface area contributed by atoms with Gasteiger partial charge in [0.1, 0.15) is 5.78 Å². The van der Waals surface area contributed by atoms with Gasteiger partial charge in [-0.3, -0.25) is 9.48 Å². The first-order valence-corrected chi connectivity index (χ1v) is 7.74. The van der Waals surface area contributed by atoms with Crippen LogP contribution >= 0.6 is 0 Å². The maximum atomic E-state index is 12.7. The highest BCUT2D eigenvalue weighted by atomic mass is 16.1. The molecule has 0 atom stereocenters. The molecule has 1 aromatic heterocycles. The molecule has 1 aliphatic carbocycles. The Morgan fingerprint density at radius 3 is 2.53 bits per heavy atom. The number of ketones is 1. The highest BCUT2D eigenvalue weighted by molar-refractivity contribution is 5.86. The summed E-state index contributed by atoms with van der Waals surface area (Å²) >= 11 is 0. The lowest BCUT2D eigenvalue weighted by atomic mass is 9.77. The summed E-state index contributed by atoms with van der Waals surface area (Å²) < 4.78 is 2.00. The van der Waals surface area contributed by atoms with E-state index in [1.807, 2.05) is 4.68 Å². The van der Waals surface area contributed by atoms with E-state index in [4.69, 9.17) is 0 Å². The number of carbonyl (C=O) groups excluding carboxylic acids is 1. The maximum Gasteiger partial charge on any atom is 0.144 e. The van der Waals surface area contributed by atoms with Gasteiger partial charge in [-0.05, 0) is 38.7 Å². The Labute approximate surface area is 116 Å². The Morgan fingerprint density at radius 1 is 1.32 bits per heavy atom. The molecular weight excluding hydrogens is 236 g/mol. The van der Waals surface area contributed by atoms with Gasteiger partial charge in [-0.2, -0.15) is 5.10 Å². The molecule has 0 radical (unpaired) electrons. The number of hydrogen-bond donors (Lipinski definition) is 0. The highest BCUT2D eigenvalue weighted by Gasteiger charge is 2.38. The topological polar surface area (TPSA) is 34.9 Å². The second-order valence-corrected chi connectivity index (χ2v) is 5.74.